The van der Waals surface area contributed by atoms with Crippen molar-refractivity contribution in [2.45, 2.75) is 25.7 Å². The molecule has 1 rings (SSSR count). The lowest BCUT2D eigenvalue weighted by Crippen LogP contribution is -2.34. The van der Waals surface area contributed by atoms with Crippen molar-refractivity contribution in [2.24, 2.45) is 5.92 Å². The second-order valence-corrected chi connectivity index (χ2v) is 3.86. The second kappa shape index (κ2) is 6.60. The molecule has 0 atom stereocenters. The molecule has 80 valence electrons. The molecule has 3 nitrogen and oxygen atoms in total. The Bertz CT molecular complexity index is 188. The molecule has 0 heterocycles. The van der Waals surface area contributed by atoms with Crippen molar-refractivity contribution in [1.82, 2.24) is 10.6 Å². The summed E-state index contributed by atoms with van der Waals surface area (Å²) in [5.74, 6) is 1.05. The first-order valence-electron chi connectivity index (χ1n) is 5.41. The standard InChI is InChI=1S/C11H20N2O/c1-2-7-12-9-11(14)13-8-3-4-10-5-6-10/h2,10,12H,1,3-9H2,(H,13,14). The van der Waals surface area contributed by atoms with Gasteiger partial charge in [-0.15, -0.1) is 6.58 Å². The lowest BCUT2D eigenvalue weighted by Gasteiger charge is -2.04. The lowest BCUT2D eigenvalue weighted by molar-refractivity contribution is -0.120. The van der Waals surface area contributed by atoms with Crippen LogP contribution in [0.25, 0.3) is 0 Å². The maximum Gasteiger partial charge on any atom is 0.233 e. The van der Waals surface area contributed by atoms with Gasteiger partial charge in [0.2, 0.25) is 5.91 Å². The molecule has 0 aromatic carbocycles. The summed E-state index contributed by atoms with van der Waals surface area (Å²) in [6.07, 6.45) is 6.95. The Morgan fingerprint density at radius 2 is 2.29 bits per heavy atom. The number of rotatable bonds is 8. The van der Waals surface area contributed by atoms with Crippen LogP contribution < -0.4 is 10.6 Å². The van der Waals surface area contributed by atoms with E-state index in [-0.39, 0.29) is 5.91 Å². The molecule has 0 aliphatic heterocycles. The van der Waals surface area contributed by atoms with Crippen molar-refractivity contribution >= 4 is 5.91 Å². The van der Waals surface area contributed by atoms with E-state index in [0.717, 1.165) is 18.9 Å². The molecule has 1 amide bonds. The number of nitrogens with one attached hydrogen (secondary N) is 2. The quantitative estimate of drug-likeness (QED) is 0.450. The van der Waals surface area contributed by atoms with Crippen LogP contribution in [0.15, 0.2) is 12.7 Å². The first-order chi connectivity index (χ1) is 6.83. The van der Waals surface area contributed by atoms with Crippen LogP contribution in [0.1, 0.15) is 25.7 Å². The third-order valence-electron chi connectivity index (χ3n) is 2.38. The molecule has 2 N–H and O–H groups in total. The van der Waals surface area contributed by atoms with E-state index >= 15 is 0 Å². The molecule has 3 heteroatoms. The van der Waals surface area contributed by atoms with Gasteiger partial charge in [-0.3, -0.25) is 4.79 Å². The van der Waals surface area contributed by atoms with Gasteiger partial charge in [0, 0.05) is 13.1 Å². The average Bonchev–Trinajstić information content (AvgIpc) is 2.97. The van der Waals surface area contributed by atoms with Gasteiger partial charge in [-0.25, -0.2) is 0 Å². The molecule has 0 saturated heterocycles. The van der Waals surface area contributed by atoms with Crippen LogP contribution in [0.2, 0.25) is 0 Å². The summed E-state index contributed by atoms with van der Waals surface area (Å²) < 4.78 is 0. The lowest BCUT2D eigenvalue weighted by atomic mass is 10.2. The van der Waals surface area contributed by atoms with Crippen molar-refractivity contribution < 1.29 is 4.79 Å². The smallest absolute Gasteiger partial charge is 0.233 e. The fraction of sp³-hybridized carbons (Fsp3) is 0.727. The SMILES string of the molecule is C=CCNCC(=O)NCCCC1CC1. The highest BCUT2D eigenvalue weighted by atomic mass is 16.1. The second-order valence-electron chi connectivity index (χ2n) is 3.86. The minimum Gasteiger partial charge on any atom is -0.355 e. The van der Waals surface area contributed by atoms with E-state index in [0.29, 0.717) is 13.1 Å². The van der Waals surface area contributed by atoms with Gasteiger partial charge in [-0.05, 0) is 18.8 Å². The van der Waals surface area contributed by atoms with Gasteiger partial charge in [-0.1, -0.05) is 18.9 Å². The summed E-state index contributed by atoms with van der Waals surface area (Å²) in [5.41, 5.74) is 0. The molecule has 1 aliphatic rings. The normalized spacial score (nSPS) is 15.1. The number of carbonyl (C=O) groups is 1. The number of hydrogen-bond donors (Lipinski definition) is 2. The molecule has 1 aliphatic carbocycles. The van der Waals surface area contributed by atoms with Crippen LogP contribution in [0.5, 0.6) is 0 Å². The highest BCUT2D eigenvalue weighted by Crippen LogP contribution is 2.33. The zero-order valence-corrected chi connectivity index (χ0v) is 8.72. The van der Waals surface area contributed by atoms with E-state index in [1.165, 1.54) is 19.3 Å². The molecule has 0 radical (unpaired) electrons. The maximum absolute atomic E-state index is 11.2. The van der Waals surface area contributed by atoms with Gasteiger partial charge in [0.15, 0.2) is 0 Å². The van der Waals surface area contributed by atoms with E-state index in [2.05, 4.69) is 17.2 Å². The molecular formula is C11H20N2O. The Morgan fingerprint density at radius 3 is 2.93 bits per heavy atom. The predicted octanol–water partition coefficient (Wildman–Crippen LogP) is 1.07. The fourth-order valence-corrected chi connectivity index (χ4v) is 1.38. The summed E-state index contributed by atoms with van der Waals surface area (Å²) in [5, 5.41) is 5.86. The number of carbonyl (C=O) groups excluding carboxylic acids is 1. The molecular weight excluding hydrogens is 176 g/mol. The first kappa shape index (κ1) is 11.2. The predicted molar refractivity (Wildman–Crippen MR) is 58.0 cm³/mol. The van der Waals surface area contributed by atoms with Crippen LogP contribution in [0, 0.1) is 5.92 Å². The summed E-state index contributed by atoms with van der Waals surface area (Å²) in [4.78, 5) is 11.2. The Balaban J connectivity index is 1.83. The minimum atomic E-state index is 0.0858. The van der Waals surface area contributed by atoms with Gasteiger partial charge in [0.05, 0.1) is 6.54 Å². The van der Waals surface area contributed by atoms with Crippen molar-refractivity contribution in [3.8, 4) is 0 Å². The van der Waals surface area contributed by atoms with Crippen molar-refractivity contribution in [1.29, 1.82) is 0 Å². The van der Waals surface area contributed by atoms with Crippen molar-refractivity contribution in [2.75, 3.05) is 19.6 Å². The zero-order valence-electron chi connectivity index (χ0n) is 8.72. The monoisotopic (exact) mass is 196 g/mol. The zero-order chi connectivity index (χ0) is 10.2. The van der Waals surface area contributed by atoms with Gasteiger partial charge in [-0.2, -0.15) is 0 Å². The first-order valence-corrected chi connectivity index (χ1v) is 5.41. The summed E-state index contributed by atoms with van der Waals surface area (Å²) in [6, 6.07) is 0. The summed E-state index contributed by atoms with van der Waals surface area (Å²) in [7, 11) is 0. The van der Waals surface area contributed by atoms with Crippen LogP contribution in [0.4, 0.5) is 0 Å². The van der Waals surface area contributed by atoms with Crippen LogP contribution in [-0.4, -0.2) is 25.5 Å². The molecule has 0 spiro atoms. The van der Waals surface area contributed by atoms with Gasteiger partial charge in [0.1, 0.15) is 0 Å². The van der Waals surface area contributed by atoms with Gasteiger partial charge in [0.25, 0.3) is 0 Å². The van der Waals surface area contributed by atoms with Crippen LogP contribution in [-0.2, 0) is 4.79 Å². The Morgan fingerprint density at radius 1 is 1.50 bits per heavy atom. The molecule has 14 heavy (non-hydrogen) atoms. The van der Waals surface area contributed by atoms with E-state index in [1.54, 1.807) is 6.08 Å². The van der Waals surface area contributed by atoms with E-state index < -0.39 is 0 Å². The minimum absolute atomic E-state index is 0.0858. The van der Waals surface area contributed by atoms with E-state index in [9.17, 15) is 4.79 Å². The molecule has 1 saturated carbocycles. The summed E-state index contributed by atoms with van der Waals surface area (Å²) in [6.45, 7) is 5.48. The topological polar surface area (TPSA) is 41.1 Å². The van der Waals surface area contributed by atoms with E-state index in [4.69, 9.17) is 0 Å². The average molecular weight is 196 g/mol. The summed E-state index contributed by atoms with van der Waals surface area (Å²) >= 11 is 0. The molecule has 0 aromatic heterocycles. The van der Waals surface area contributed by atoms with Crippen LogP contribution in [0.3, 0.4) is 0 Å². The molecule has 0 aromatic rings. The van der Waals surface area contributed by atoms with Gasteiger partial charge < -0.3 is 10.6 Å². The van der Waals surface area contributed by atoms with E-state index in [1.807, 2.05) is 0 Å². The van der Waals surface area contributed by atoms with Crippen molar-refractivity contribution in [3.05, 3.63) is 12.7 Å². The highest BCUT2D eigenvalue weighted by molar-refractivity contribution is 5.77. The Labute approximate surface area is 86.0 Å². The largest absolute Gasteiger partial charge is 0.355 e. The third-order valence-corrected chi connectivity index (χ3v) is 2.38. The fourth-order valence-electron chi connectivity index (χ4n) is 1.38. The molecule has 1 fully saturated rings. The molecule has 0 unspecified atom stereocenters. The highest BCUT2D eigenvalue weighted by Gasteiger charge is 2.19. The number of hydrogen-bond acceptors (Lipinski definition) is 2. The third kappa shape index (κ3) is 5.75. The van der Waals surface area contributed by atoms with Crippen LogP contribution >= 0.6 is 0 Å². The molecule has 0 bridgehead atoms. The Kier molecular flexibility index (Phi) is 5.30. The number of amides is 1. The Hall–Kier alpha value is -0.830. The van der Waals surface area contributed by atoms with Gasteiger partial charge >= 0.3 is 0 Å². The maximum atomic E-state index is 11.2. The van der Waals surface area contributed by atoms with Crippen molar-refractivity contribution in [3.63, 3.8) is 0 Å².